The number of halogens is 1. The molecule has 1 aromatic heterocycles. The van der Waals surface area contributed by atoms with Gasteiger partial charge in [-0.3, -0.25) is 4.79 Å². The topological polar surface area (TPSA) is 120 Å². The van der Waals surface area contributed by atoms with Crippen LogP contribution in [0.2, 0.25) is 5.02 Å². The third kappa shape index (κ3) is 7.51. The van der Waals surface area contributed by atoms with Gasteiger partial charge in [0.25, 0.3) is 0 Å². The number of rotatable bonds is 4. The molecule has 0 radical (unpaired) electrons. The molecule has 5 rings (SSSR count). The molecule has 5 N–H and O–H groups in total. The van der Waals surface area contributed by atoms with Crippen LogP contribution >= 0.6 is 11.6 Å². The molecule has 0 aliphatic carbocycles. The number of carbonyl (C=O) groups is 1. The van der Waals surface area contributed by atoms with Gasteiger partial charge in [0.2, 0.25) is 12.4 Å². The molecule has 1 aliphatic rings. The lowest BCUT2D eigenvalue weighted by molar-refractivity contribution is -0.105. The van der Waals surface area contributed by atoms with Crippen molar-refractivity contribution >= 4 is 57.8 Å². The molecule has 9 nitrogen and oxygen atoms in total. The highest BCUT2D eigenvalue weighted by Crippen LogP contribution is 2.29. The Balaban J connectivity index is 0.000000317. The number of fused-ring (bicyclic) bond motifs is 4. The average molecular weight is 550 g/mol. The second-order valence-corrected chi connectivity index (χ2v) is 9.89. The van der Waals surface area contributed by atoms with Crippen LogP contribution < -0.4 is 26.0 Å². The number of nitrogens with one attached hydrogen (secondary N) is 5. The molecular formula is C27H28ClN7O2S. The Morgan fingerprint density at radius 3 is 2.55 bits per heavy atom. The third-order valence-electron chi connectivity index (χ3n) is 5.51. The van der Waals surface area contributed by atoms with Gasteiger partial charge in [-0.1, -0.05) is 35.9 Å². The predicted octanol–water partition coefficient (Wildman–Crippen LogP) is 5.27. The fourth-order valence-corrected chi connectivity index (χ4v) is 4.73. The molecule has 2 heterocycles. The summed E-state index contributed by atoms with van der Waals surface area (Å²) in [6, 6.07) is 22.4. The van der Waals surface area contributed by atoms with Crippen LogP contribution in [0.5, 0.6) is 0 Å². The molecule has 0 saturated carbocycles. The van der Waals surface area contributed by atoms with Crippen LogP contribution in [0, 0.1) is 0 Å². The quantitative estimate of drug-likeness (QED) is 0.220. The van der Waals surface area contributed by atoms with E-state index in [1.165, 1.54) is 0 Å². The molecule has 1 amide bonds. The van der Waals surface area contributed by atoms with E-state index in [1.54, 1.807) is 6.20 Å². The fraction of sp³-hybridized carbons (Fsp3) is 0.148. The number of carbonyl (C=O) groups excluding carboxylic acids is 1. The summed E-state index contributed by atoms with van der Waals surface area (Å²) < 4.78 is 15.4. The summed E-state index contributed by atoms with van der Waals surface area (Å²) in [5.41, 5.74) is 4.31. The Morgan fingerprint density at radius 2 is 1.82 bits per heavy atom. The van der Waals surface area contributed by atoms with Crippen molar-refractivity contribution in [2.45, 2.75) is 11.3 Å². The van der Waals surface area contributed by atoms with Crippen molar-refractivity contribution in [3.05, 3.63) is 84.0 Å². The van der Waals surface area contributed by atoms with E-state index in [0.717, 1.165) is 39.6 Å². The number of nitrogens with zero attached hydrogens (tertiary/aromatic N) is 2. The smallest absolute Gasteiger partial charge is 0.229 e. The molecule has 1 aliphatic heterocycles. The lowest BCUT2D eigenvalue weighted by atomic mass is 10.1. The van der Waals surface area contributed by atoms with Gasteiger partial charge in [0, 0.05) is 54.0 Å². The van der Waals surface area contributed by atoms with Crippen molar-refractivity contribution in [2.24, 2.45) is 0 Å². The monoisotopic (exact) mass is 549 g/mol. The van der Waals surface area contributed by atoms with Crippen LogP contribution in [0.1, 0.15) is 6.42 Å². The van der Waals surface area contributed by atoms with Gasteiger partial charge in [0.15, 0.2) is 0 Å². The molecule has 0 saturated heterocycles. The lowest BCUT2D eigenvalue weighted by Crippen LogP contribution is -2.20. The van der Waals surface area contributed by atoms with E-state index < -0.39 is 11.0 Å². The molecule has 3 aromatic carbocycles. The van der Waals surface area contributed by atoms with Crippen molar-refractivity contribution < 1.29 is 9.00 Å². The maximum atomic E-state index is 12.4. The van der Waals surface area contributed by atoms with Crippen molar-refractivity contribution in [3.63, 3.8) is 0 Å². The van der Waals surface area contributed by atoms with Crippen molar-refractivity contribution in [1.29, 1.82) is 0 Å². The first kappa shape index (κ1) is 27.1. The number of aromatic nitrogens is 2. The molecule has 1 atom stereocenters. The summed E-state index contributed by atoms with van der Waals surface area (Å²) in [6.45, 7) is 1.27. The van der Waals surface area contributed by atoms with Gasteiger partial charge in [0.05, 0.1) is 4.90 Å². The Labute approximate surface area is 229 Å². The van der Waals surface area contributed by atoms with E-state index in [-0.39, 0.29) is 0 Å². The number of amides is 1. The van der Waals surface area contributed by atoms with Gasteiger partial charge < -0.3 is 21.3 Å². The maximum Gasteiger partial charge on any atom is 0.229 e. The lowest BCUT2D eigenvalue weighted by Gasteiger charge is -2.13. The molecule has 1 unspecified atom stereocenters. The predicted molar refractivity (Wildman–Crippen MR) is 155 cm³/mol. The van der Waals surface area contributed by atoms with E-state index >= 15 is 0 Å². The highest BCUT2D eigenvalue weighted by atomic mass is 35.5. The maximum absolute atomic E-state index is 12.4. The van der Waals surface area contributed by atoms with Crippen molar-refractivity contribution in [1.82, 2.24) is 14.7 Å². The summed E-state index contributed by atoms with van der Waals surface area (Å²) >= 11 is 5.68. The van der Waals surface area contributed by atoms with Gasteiger partial charge >= 0.3 is 0 Å². The number of benzene rings is 3. The first-order valence-corrected chi connectivity index (χ1v) is 13.5. The molecule has 0 fully saturated rings. The summed E-state index contributed by atoms with van der Waals surface area (Å²) in [5.74, 6) is 1.15. The van der Waals surface area contributed by atoms with Crippen molar-refractivity contribution in [3.8, 4) is 11.1 Å². The van der Waals surface area contributed by atoms with E-state index in [1.807, 2.05) is 79.8 Å². The molecular weight excluding hydrogens is 522 g/mol. The highest BCUT2D eigenvalue weighted by molar-refractivity contribution is 7.83. The van der Waals surface area contributed by atoms with E-state index in [2.05, 4.69) is 36.0 Å². The zero-order valence-corrected chi connectivity index (χ0v) is 22.3. The minimum atomic E-state index is -1.27. The Kier molecular flexibility index (Phi) is 9.63. The number of hydrogen-bond donors (Lipinski definition) is 5. The normalized spacial score (nSPS) is 14.5. The molecule has 0 spiro atoms. The summed E-state index contributed by atoms with van der Waals surface area (Å²) in [5, 5.41) is 12.9. The SMILES string of the molecule is CNc1cccc(Cl)c1.O=CNc1ccc(-c2cnc3nc2NCCCNS(=O)c2cccc(c2)N3)cc1. The highest BCUT2D eigenvalue weighted by Gasteiger charge is 2.12. The van der Waals surface area contributed by atoms with Gasteiger partial charge in [-0.15, -0.1) is 0 Å². The molecule has 4 bridgehead atoms. The first-order valence-electron chi connectivity index (χ1n) is 11.9. The summed E-state index contributed by atoms with van der Waals surface area (Å²) in [7, 11) is 0.600. The largest absolute Gasteiger partial charge is 0.388 e. The van der Waals surface area contributed by atoms with Gasteiger partial charge in [0.1, 0.15) is 16.8 Å². The Morgan fingerprint density at radius 1 is 1.00 bits per heavy atom. The fourth-order valence-electron chi connectivity index (χ4n) is 3.61. The van der Waals surface area contributed by atoms with Crippen LogP contribution in [-0.4, -0.2) is 40.7 Å². The van der Waals surface area contributed by atoms with E-state index in [4.69, 9.17) is 11.6 Å². The summed E-state index contributed by atoms with van der Waals surface area (Å²) in [4.78, 5) is 20.4. The molecule has 196 valence electrons. The van der Waals surface area contributed by atoms with Crippen LogP contribution in [0.25, 0.3) is 11.1 Å². The first-order chi connectivity index (χ1) is 18.6. The van der Waals surface area contributed by atoms with E-state index in [9.17, 15) is 9.00 Å². The molecule has 4 aromatic rings. The van der Waals surface area contributed by atoms with E-state index in [0.29, 0.717) is 36.2 Å². The minimum Gasteiger partial charge on any atom is -0.388 e. The number of anilines is 5. The van der Waals surface area contributed by atoms with Gasteiger partial charge in [-0.2, -0.15) is 4.98 Å². The standard InChI is InChI=1S/C20H20N6O2S.C7H8ClN/c27-13-23-15-7-5-14(6-8-15)18-12-22-20-25-16-3-1-4-17(11-16)29(28)24-10-2-9-21-19(18)26-20;1-9-7-4-2-3-6(8)5-7/h1,3-8,11-13,24H,2,9-10H2,(H,23,27)(H2,21,22,25,26);2-5,9H,1H3. The van der Waals surface area contributed by atoms with Crippen LogP contribution in [0.15, 0.2) is 83.9 Å². The number of hydrogen-bond acceptors (Lipinski definition) is 7. The van der Waals surface area contributed by atoms with Gasteiger partial charge in [-0.25, -0.2) is 13.9 Å². The Hall–Kier alpha value is -3.99. The summed E-state index contributed by atoms with van der Waals surface area (Å²) in [6.07, 6.45) is 3.19. The molecule has 38 heavy (non-hydrogen) atoms. The second kappa shape index (κ2) is 13.5. The van der Waals surface area contributed by atoms with Gasteiger partial charge in [-0.05, 0) is 60.5 Å². The third-order valence-corrected chi connectivity index (χ3v) is 6.89. The Bertz CT molecular complexity index is 1400. The van der Waals surface area contributed by atoms with Crippen LogP contribution in [-0.2, 0) is 15.8 Å². The zero-order valence-electron chi connectivity index (χ0n) is 20.7. The average Bonchev–Trinajstić information content (AvgIpc) is 2.94. The van der Waals surface area contributed by atoms with Crippen LogP contribution in [0.4, 0.5) is 28.8 Å². The molecule has 11 heteroatoms. The second-order valence-electron chi connectivity index (χ2n) is 8.15. The van der Waals surface area contributed by atoms with Crippen LogP contribution in [0.3, 0.4) is 0 Å². The minimum absolute atomic E-state index is 0.450. The van der Waals surface area contributed by atoms with Crippen molar-refractivity contribution in [2.75, 3.05) is 41.4 Å². The zero-order chi connectivity index (χ0) is 26.7.